The molecule has 7 nitrogen and oxygen atoms in total. The average Bonchev–Trinajstić information content (AvgIpc) is 3.13. The van der Waals surface area contributed by atoms with E-state index in [1.165, 1.54) is 12.0 Å². The Labute approximate surface area is 228 Å². The van der Waals surface area contributed by atoms with E-state index in [4.69, 9.17) is 9.47 Å². The van der Waals surface area contributed by atoms with Crippen molar-refractivity contribution in [1.29, 1.82) is 0 Å². The molecule has 0 aliphatic carbocycles. The first kappa shape index (κ1) is 26.5. The standard InChI is InChI=1S/C28H25BrN2O5S/c1-17-8-10-22(18(2)12-17)30-26(32)16-36-23-11-9-19(13-24(23)35-3)14-25-27(33)31(28(34)37-25)15-20-6-4-5-7-21(20)29/h4-14H,15-16H2,1-3H3,(H,30,32)/b25-14-. The van der Waals surface area contributed by atoms with E-state index >= 15 is 0 Å². The quantitative estimate of drug-likeness (QED) is 0.313. The molecule has 3 aromatic carbocycles. The summed E-state index contributed by atoms with van der Waals surface area (Å²) in [6, 6.07) is 18.3. The Morgan fingerprint density at radius 3 is 2.57 bits per heavy atom. The van der Waals surface area contributed by atoms with E-state index < -0.39 is 0 Å². The first-order valence-corrected chi connectivity index (χ1v) is 13.0. The molecule has 9 heteroatoms. The second-order valence-corrected chi connectivity index (χ2v) is 10.3. The number of ether oxygens (including phenoxy) is 2. The number of amides is 3. The van der Waals surface area contributed by atoms with Gasteiger partial charge in [0.2, 0.25) is 0 Å². The van der Waals surface area contributed by atoms with Crippen LogP contribution in [0, 0.1) is 13.8 Å². The van der Waals surface area contributed by atoms with Crippen LogP contribution >= 0.6 is 27.7 Å². The number of hydrogen-bond donors (Lipinski definition) is 1. The summed E-state index contributed by atoms with van der Waals surface area (Å²) in [6.07, 6.45) is 1.64. The molecule has 3 amide bonds. The number of methoxy groups -OCH3 is 1. The highest BCUT2D eigenvalue weighted by molar-refractivity contribution is 9.10. The number of halogens is 1. The third-order valence-electron chi connectivity index (χ3n) is 5.66. The zero-order valence-corrected chi connectivity index (χ0v) is 22.9. The summed E-state index contributed by atoms with van der Waals surface area (Å²) in [7, 11) is 1.49. The van der Waals surface area contributed by atoms with Gasteiger partial charge < -0.3 is 14.8 Å². The predicted molar refractivity (Wildman–Crippen MR) is 149 cm³/mol. The van der Waals surface area contributed by atoms with Crippen LogP contribution in [0.25, 0.3) is 6.08 Å². The summed E-state index contributed by atoms with van der Waals surface area (Å²) in [5, 5.41) is 2.52. The van der Waals surface area contributed by atoms with Crippen molar-refractivity contribution in [2.45, 2.75) is 20.4 Å². The molecular weight excluding hydrogens is 556 g/mol. The molecule has 0 spiro atoms. The van der Waals surface area contributed by atoms with E-state index in [1.807, 2.05) is 56.3 Å². The van der Waals surface area contributed by atoms with Crippen molar-refractivity contribution in [3.63, 3.8) is 0 Å². The van der Waals surface area contributed by atoms with E-state index in [9.17, 15) is 14.4 Å². The Hall–Kier alpha value is -3.56. The average molecular weight is 581 g/mol. The third kappa shape index (κ3) is 6.42. The second-order valence-electron chi connectivity index (χ2n) is 8.42. The molecule has 0 aromatic heterocycles. The minimum atomic E-state index is -0.354. The van der Waals surface area contributed by atoms with E-state index in [0.29, 0.717) is 22.0 Å². The fraction of sp³-hybridized carbons (Fsp3) is 0.179. The van der Waals surface area contributed by atoms with Crippen LogP contribution in [0.4, 0.5) is 10.5 Å². The van der Waals surface area contributed by atoms with Crippen LogP contribution in [0.1, 0.15) is 22.3 Å². The number of thioether (sulfide) groups is 1. The number of imide groups is 1. The number of carbonyl (C=O) groups is 3. The van der Waals surface area contributed by atoms with Crippen LogP contribution in [0.5, 0.6) is 11.5 Å². The molecule has 1 heterocycles. The molecule has 4 rings (SSSR count). The predicted octanol–water partition coefficient (Wildman–Crippen LogP) is 6.33. The molecule has 0 saturated carbocycles. The summed E-state index contributed by atoms with van der Waals surface area (Å²) in [4.78, 5) is 39.4. The van der Waals surface area contributed by atoms with Crippen molar-refractivity contribution >= 4 is 56.5 Å². The zero-order valence-electron chi connectivity index (χ0n) is 20.5. The van der Waals surface area contributed by atoms with Crippen molar-refractivity contribution in [2.75, 3.05) is 19.0 Å². The van der Waals surface area contributed by atoms with Gasteiger partial charge in [-0.2, -0.15) is 0 Å². The molecule has 37 heavy (non-hydrogen) atoms. The van der Waals surface area contributed by atoms with Crippen LogP contribution in [-0.4, -0.2) is 35.7 Å². The van der Waals surface area contributed by atoms with Crippen molar-refractivity contribution in [2.24, 2.45) is 0 Å². The van der Waals surface area contributed by atoms with Crippen LogP contribution in [0.15, 0.2) is 70.0 Å². The van der Waals surface area contributed by atoms with Crippen LogP contribution in [0.3, 0.4) is 0 Å². The first-order valence-electron chi connectivity index (χ1n) is 11.4. The Morgan fingerprint density at radius 1 is 1.05 bits per heavy atom. The molecule has 0 atom stereocenters. The smallest absolute Gasteiger partial charge is 0.293 e. The molecule has 0 unspecified atom stereocenters. The van der Waals surface area contributed by atoms with Crippen LogP contribution in [-0.2, 0) is 16.1 Å². The van der Waals surface area contributed by atoms with Crippen LogP contribution < -0.4 is 14.8 Å². The highest BCUT2D eigenvalue weighted by Gasteiger charge is 2.35. The van der Waals surface area contributed by atoms with Gasteiger partial charge in [0, 0.05) is 10.2 Å². The van der Waals surface area contributed by atoms with Crippen molar-refractivity contribution in [1.82, 2.24) is 4.90 Å². The zero-order chi connectivity index (χ0) is 26.5. The summed E-state index contributed by atoms with van der Waals surface area (Å²) in [6.45, 7) is 3.91. The summed E-state index contributed by atoms with van der Waals surface area (Å²) in [5.41, 5.74) is 4.32. The minimum Gasteiger partial charge on any atom is -0.493 e. The maximum Gasteiger partial charge on any atom is 0.293 e. The van der Waals surface area contributed by atoms with Gasteiger partial charge in [-0.15, -0.1) is 0 Å². The van der Waals surface area contributed by atoms with E-state index in [-0.39, 0.29) is 30.2 Å². The lowest BCUT2D eigenvalue weighted by atomic mass is 10.1. The number of hydrogen-bond acceptors (Lipinski definition) is 6. The number of nitrogens with one attached hydrogen (secondary N) is 1. The van der Waals surface area contributed by atoms with Gasteiger partial charge in [-0.25, -0.2) is 0 Å². The van der Waals surface area contributed by atoms with Crippen molar-refractivity contribution in [3.05, 3.63) is 92.3 Å². The lowest BCUT2D eigenvalue weighted by Gasteiger charge is -2.13. The largest absolute Gasteiger partial charge is 0.493 e. The Bertz CT molecular complexity index is 1410. The molecule has 1 saturated heterocycles. The fourth-order valence-electron chi connectivity index (χ4n) is 3.76. The van der Waals surface area contributed by atoms with Gasteiger partial charge in [-0.3, -0.25) is 19.3 Å². The van der Waals surface area contributed by atoms with Gasteiger partial charge in [0.1, 0.15) is 0 Å². The second kappa shape index (κ2) is 11.7. The highest BCUT2D eigenvalue weighted by atomic mass is 79.9. The fourth-order valence-corrected chi connectivity index (χ4v) is 5.01. The molecule has 1 N–H and O–H groups in total. The number of anilines is 1. The monoisotopic (exact) mass is 580 g/mol. The normalized spacial score (nSPS) is 14.3. The third-order valence-corrected chi connectivity index (χ3v) is 7.34. The number of rotatable bonds is 8. The number of benzene rings is 3. The van der Waals surface area contributed by atoms with E-state index in [0.717, 1.165) is 38.6 Å². The van der Waals surface area contributed by atoms with E-state index in [2.05, 4.69) is 21.2 Å². The Balaban J connectivity index is 1.42. The SMILES string of the molecule is COc1cc(/C=C2\SC(=O)N(Cc3ccccc3Br)C2=O)ccc1OCC(=O)Nc1ccc(C)cc1C. The topological polar surface area (TPSA) is 84.9 Å². The molecule has 1 aliphatic heterocycles. The molecule has 1 aliphatic rings. The minimum absolute atomic E-state index is 0.184. The molecular formula is C28H25BrN2O5S. The molecule has 0 radical (unpaired) electrons. The van der Waals surface area contributed by atoms with Gasteiger partial charge in [0.15, 0.2) is 18.1 Å². The van der Waals surface area contributed by atoms with Gasteiger partial charge in [-0.1, -0.05) is 57.9 Å². The summed E-state index contributed by atoms with van der Waals surface area (Å²) >= 11 is 4.35. The number of aryl methyl sites for hydroxylation is 2. The van der Waals surface area contributed by atoms with Gasteiger partial charge in [0.05, 0.1) is 18.6 Å². The summed E-state index contributed by atoms with van der Waals surface area (Å²) in [5.74, 6) is 0.142. The molecule has 0 bridgehead atoms. The van der Waals surface area contributed by atoms with Crippen molar-refractivity contribution < 1.29 is 23.9 Å². The van der Waals surface area contributed by atoms with Gasteiger partial charge >= 0.3 is 0 Å². The lowest BCUT2D eigenvalue weighted by molar-refractivity contribution is -0.123. The van der Waals surface area contributed by atoms with Gasteiger partial charge in [0.25, 0.3) is 17.1 Å². The molecule has 1 fully saturated rings. The Kier molecular flexibility index (Phi) is 8.35. The Morgan fingerprint density at radius 2 is 1.84 bits per heavy atom. The highest BCUT2D eigenvalue weighted by Crippen LogP contribution is 2.36. The van der Waals surface area contributed by atoms with Gasteiger partial charge in [-0.05, 0) is 72.6 Å². The van der Waals surface area contributed by atoms with Crippen LogP contribution in [0.2, 0.25) is 0 Å². The first-order chi connectivity index (χ1) is 17.7. The number of nitrogens with zero attached hydrogens (tertiary/aromatic N) is 1. The van der Waals surface area contributed by atoms with Crippen molar-refractivity contribution in [3.8, 4) is 11.5 Å². The summed E-state index contributed by atoms with van der Waals surface area (Å²) < 4.78 is 12.0. The number of carbonyl (C=O) groups excluding carboxylic acids is 3. The molecule has 190 valence electrons. The molecule has 3 aromatic rings. The lowest BCUT2D eigenvalue weighted by Crippen LogP contribution is -2.27. The maximum atomic E-state index is 12.9. The van der Waals surface area contributed by atoms with E-state index in [1.54, 1.807) is 24.3 Å². The maximum absolute atomic E-state index is 12.9.